The summed E-state index contributed by atoms with van der Waals surface area (Å²) in [4.78, 5) is 18.2. The highest BCUT2D eigenvalue weighted by Crippen LogP contribution is 2.30. The molecule has 4 rings (SSSR count). The van der Waals surface area contributed by atoms with E-state index in [1.165, 1.54) is 27.8 Å². The maximum atomic E-state index is 13.0. The number of methoxy groups -OCH3 is 1. The second-order valence-corrected chi connectivity index (χ2v) is 11.1. The zero-order chi connectivity index (χ0) is 23.6. The topological polar surface area (TPSA) is 81.0 Å². The highest BCUT2D eigenvalue weighted by atomic mass is 32.2. The second kappa shape index (κ2) is 9.79. The van der Waals surface area contributed by atoms with Crippen molar-refractivity contribution in [3.63, 3.8) is 0 Å². The number of carbonyl (C=O) groups excluding carboxylic acids is 1. The Hall–Kier alpha value is -2.49. The number of fused-ring (bicyclic) bond motifs is 1. The number of amides is 1. The van der Waals surface area contributed by atoms with Gasteiger partial charge in [0.05, 0.1) is 16.7 Å². The monoisotopic (exact) mass is 487 g/mol. The fourth-order valence-corrected chi connectivity index (χ4v) is 6.79. The van der Waals surface area contributed by atoms with E-state index in [4.69, 9.17) is 4.74 Å². The molecule has 33 heavy (non-hydrogen) atoms. The van der Waals surface area contributed by atoms with E-state index >= 15 is 0 Å². The van der Waals surface area contributed by atoms with Crippen molar-refractivity contribution < 1.29 is 17.9 Å². The predicted molar refractivity (Wildman–Crippen MR) is 130 cm³/mol. The third-order valence-electron chi connectivity index (χ3n) is 5.90. The molecule has 0 aliphatic carbocycles. The predicted octanol–water partition coefficient (Wildman–Crippen LogP) is 4.35. The van der Waals surface area contributed by atoms with E-state index in [-0.39, 0.29) is 4.90 Å². The summed E-state index contributed by atoms with van der Waals surface area (Å²) >= 11 is 1.46. The van der Waals surface area contributed by atoms with Gasteiger partial charge in [-0.1, -0.05) is 30.7 Å². The summed E-state index contributed by atoms with van der Waals surface area (Å²) in [5, 5.41) is 0. The van der Waals surface area contributed by atoms with Gasteiger partial charge in [-0.25, -0.2) is 8.42 Å². The molecule has 1 fully saturated rings. The summed E-state index contributed by atoms with van der Waals surface area (Å²) in [6.07, 6.45) is 3.70. The molecule has 1 aliphatic rings. The smallest absolute Gasteiger partial charge is 0.279 e. The molecule has 2 heterocycles. The first-order valence-electron chi connectivity index (χ1n) is 11.2. The number of aryl methyl sites for hydroxylation is 2. The molecule has 3 aromatic rings. The summed E-state index contributed by atoms with van der Waals surface area (Å²) in [6.45, 7) is 5.90. The molecule has 0 spiro atoms. The number of piperidine rings is 1. The van der Waals surface area contributed by atoms with Crippen LogP contribution in [-0.4, -0.2) is 43.4 Å². The molecule has 1 aromatic heterocycles. The lowest BCUT2D eigenvalue weighted by molar-refractivity contribution is 0.0997. The van der Waals surface area contributed by atoms with Crippen molar-refractivity contribution in [1.29, 1.82) is 0 Å². The Morgan fingerprint density at radius 2 is 1.79 bits per heavy atom. The Morgan fingerprint density at radius 3 is 2.42 bits per heavy atom. The quantitative estimate of drug-likeness (QED) is 0.518. The summed E-state index contributed by atoms with van der Waals surface area (Å²) < 4.78 is 35.9. The van der Waals surface area contributed by atoms with Crippen LogP contribution in [0.25, 0.3) is 10.2 Å². The lowest BCUT2D eigenvalue weighted by atomic mass is 10.2. The maximum absolute atomic E-state index is 13.0. The number of carbonyl (C=O) groups is 1. The van der Waals surface area contributed by atoms with Gasteiger partial charge in [-0.15, -0.1) is 0 Å². The highest BCUT2D eigenvalue weighted by molar-refractivity contribution is 7.89. The van der Waals surface area contributed by atoms with Gasteiger partial charge in [0.2, 0.25) is 10.0 Å². The van der Waals surface area contributed by atoms with E-state index in [0.717, 1.165) is 47.2 Å². The molecule has 0 unspecified atom stereocenters. The van der Waals surface area contributed by atoms with Gasteiger partial charge in [-0.2, -0.15) is 9.30 Å². The van der Waals surface area contributed by atoms with E-state index in [2.05, 4.69) is 11.9 Å². The SMILES string of the molecule is CCCn1c(=NC(=O)c2ccc(S(=O)(=O)N3CCCCC3)cc2)sc2c(C)ccc(OC)c21. The Kier molecular flexibility index (Phi) is 7.02. The van der Waals surface area contributed by atoms with Crippen molar-refractivity contribution in [2.45, 2.75) is 51.0 Å². The van der Waals surface area contributed by atoms with Crippen LogP contribution in [0.15, 0.2) is 46.3 Å². The largest absolute Gasteiger partial charge is 0.495 e. The second-order valence-electron chi connectivity index (χ2n) is 8.20. The van der Waals surface area contributed by atoms with Crippen LogP contribution in [-0.2, 0) is 16.6 Å². The Balaban J connectivity index is 1.70. The number of rotatable bonds is 6. The Morgan fingerprint density at radius 1 is 1.09 bits per heavy atom. The minimum absolute atomic E-state index is 0.212. The lowest BCUT2D eigenvalue weighted by Crippen LogP contribution is -2.35. The van der Waals surface area contributed by atoms with E-state index in [1.807, 2.05) is 23.6 Å². The average Bonchev–Trinajstić information content (AvgIpc) is 3.19. The van der Waals surface area contributed by atoms with Crippen LogP contribution in [0.2, 0.25) is 0 Å². The number of aromatic nitrogens is 1. The number of hydrogen-bond donors (Lipinski definition) is 0. The zero-order valence-electron chi connectivity index (χ0n) is 19.2. The van der Waals surface area contributed by atoms with Gasteiger partial charge in [0.1, 0.15) is 11.3 Å². The molecule has 1 amide bonds. The van der Waals surface area contributed by atoms with Crippen LogP contribution in [0, 0.1) is 6.92 Å². The number of benzene rings is 2. The molecule has 0 N–H and O–H groups in total. The fraction of sp³-hybridized carbons (Fsp3) is 0.417. The molecule has 7 nitrogen and oxygen atoms in total. The van der Waals surface area contributed by atoms with Gasteiger partial charge < -0.3 is 9.30 Å². The van der Waals surface area contributed by atoms with Crippen LogP contribution in [0.4, 0.5) is 0 Å². The molecule has 176 valence electrons. The summed E-state index contributed by atoms with van der Waals surface area (Å²) in [7, 11) is -1.89. The van der Waals surface area contributed by atoms with Gasteiger partial charge in [-0.05, 0) is 62.1 Å². The third-order valence-corrected chi connectivity index (χ3v) is 9.03. The molecular formula is C24H29N3O4S2. The molecule has 1 aliphatic heterocycles. The van der Waals surface area contributed by atoms with Crippen LogP contribution >= 0.6 is 11.3 Å². The fourth-order valence-electron chi connectivity index (χ4n) is 4.13. The summed E-state index contributed by atoms with van der Waals surface area (Å²) in [6, 6.07) is 10.0. The van der Waals surface area contributed by atoms with E-state index < -0.39 is 15.9 Å². The van der Waals surface area contributed by atoms with E-state index in [9.17, 15) is 13.2 Å². The molecule has 9 heteroatoms. The van der Waals surface area contributed by atoms with E-state index in [0.29, 0.717) is 30.0 Å². The molecule has 0 atom stereocenters. The Labute approximate surface area is 198 Å². The van der Waals surface area contributed by atoms with Gasteiger partial charge in [0.15, 0.2) is 4.80 Å². The first kappa shape index (κ1) is 23.7. The van der Waals surface area contributed by atoms with Crippen molar-refractivity contribution >= 4 is 37.5 Å². The highest BCUT2D eigenvalue weighted by Gasteiger charge is 2.26. The minimum atomic E-state index is -3.53. The molecular weight excluding hydrogens is 458 g/mol. The molecule has 0 saturated carbocycles. The van der Waals surface area contributed by atoms with Crippen molar-refractivity contribution in [3.8, 4) is 5.75 Å². The van der Waals surface area contributed by atoms with Gasteiger partial charge in [0, 0.05) is 25.2 Å². The number of ether oxygens (including phenoxy) is 1. The number of hydrogen-bond acceptors (Lipinski definition) is 5. The van der Waals surface area contributed by atoms with Gasteiger partial charge >= 0.3 is 0 Å². The van der Waals surface area contributed by atoms with Gasteiger partial charge in [-0.3, -0.25) is 4.79 Å². The molecule has 0 radical (unpaired) electrons. The van der Waals surface area contributed by atoms with E-state index in [1.54, 1.807) is 19.2 Å². The van der Waals surface area contributed by atoms with Crippen molar-refractivity contribution in [1.82, 2.24) is 8.87 Å². The number of thiazole rings is 1. The van der Waals surface area contributed by atoms with Crippen LogP contribution in [0.1, 0.15) is 48.5 Å². The summed E-state index contributed by atoms with van der Waals surface area (Å²) in [5.74, 6) is 0.353. The molecule has 0 bridgehead atoms. The van der Waals surface area contributed by atoms with Crippen LogP contribution in [0.3, 0.4) is 0 Å². The summed E-state index contributed by atoms with van der Waals surface area (Å²) in [5.41, 5.74) is 2.40. The Bertz CT molecular complexity index is 1330. The third kappa shape index (κ3) is 4.62. The van der Waals surface area contributed by atoms with Crippen LogP contribution in [0.5, 0.6) is 5.75 Å². The lowest BCUT2D eigenvalue weighted by Gasteiger charge is -2.25. The standard InChI is InChI=1S/C24H29N3O4S2/c1-4-14-27-21-20(31-3)13-8-17(2)22(21)32-24(27)25-23(28)18-9-11-19(12-10-18)33(29,30)26-15-6-5-7-16-26/h8-13H,4-7,14-16H2,1-3H3. The molecule has 2 aromatic carbocycles. The molecule has 1 saturated heterocycles. The number of sulfonamides is 1. The first-order chi connectivity index (χ1) is 15.9. The first-order valence-corrected chi connectivity index (χ1v) is 13.5. The van der Waals surface area contributed by atoms with Crippen molar-refractivity contribution in [2.24, 2.45) is 4.99 Å². The van der Waals surface area contributed by atoms with Crippen molar-refractivity contribution in [3.05, 3.63) is 52.3 Å². The maximum Gasteiger partial charge on any atom is 0.279 e. The van der Waals surface area contributed by atoms with Crippen LogP contribution < -0.4 is 9.54 Å². The van der Waals surface area contributed by atoms with Crippen molar-refractivity contribution in [2.75, 3.05) is 20.2 Å². The zero-order valence-corrected chi connectivity index (χ0v) is 20.8. The van der Waals surface area contributed by atoms with Gasteiger partial charge in [0.25, 0.3) is 5.91 Å². The normalized spacial score (nSPS) is 15.8. The average molecular weight is 488 g/mol. The number of nitrogens with zero attached hydrogens (tertiary/aromatic N) is 3. The minimum Gasteiger partial charge on any atom is -0.495 e.